The van der Waals surface area contributed by atoms with Crippen molar-refractivity contribution in [3.63, 3.8) is 0 Å². The Morgan fingerprint density at radius 2 is 2.11 bits per heavy atom. The number of fused-ring (bicyclic) bond motifs is 1. The van der Waals surface area contributed by atoms with Gasteiger partial charge in [-0.3, -0.25) is 19.3 Å². The predicted molar refractivity (Wildman–Crippen MR) is 133 cm³/mol. The van der Waals surface area contributed by atoms with E-state index in [9.17, 15) is 23.5 Å². The van der Waals surface area contributed by atoms with E-state index in [0.29, 0.717) is 24.7 Å². The summed E-state index contributed by atoms with van der Waals surface area (Å²) in [7, 11) is 0. The summed E-state index contributed by atoms with van der Waals surface area (Å²) in [6, 6.07) is 3.28. The van der Waals surface area contributed by atoms with E-state index in [0.717, 1.165) is 36.3 Å². The number of pyridine rings is 1. The van der Waals surface area contributed by atoms with E-state index in [1.165, 1.54) is 21.8 Å². The number of halogens is 2. The van der Waals surface area contributed by atoms with E-state index in [1.54, 1.807) is 6.08 Å². The molecule has 2 aliphatic rings. The van der Waals surface area contributed by atoms with Crippen molar-refractivity contribution in [1.29, 1.82) is 0 Å². The molecule has 1 aromatic carbocycles. The SMILES string of the molecule is C=C[C@H]1N(CC)C(=O)c2c(O)c(=O)c(-c3nnc(Cc4ccc(F)cc4F)s3)cn2N1C[C@@H]1CCCO1. The summed E-state index contributed by atoms with van der Waals surface area (Å²) in [5.41, 5.74) is -0.635. The highest BCUT2D eigenvalue weighted by Gasteiger charge is 2.39. The third-order valence-electron chi connectivity index (χ3n) is 6.55. The van der Waals surface area contributed by atoms with Crippen LogP contribution in [-0.4, -0.2) is 62.8 Å². The second-order valence-corrected chi connectivity index (χ2v) is 9.89. The molecule has 9 nitrogen and oxygen atoms in total. The standard InChI is InChI=1S/C25H25F2N5O4S/c1-3-20-30(4-2)25(35)21-23(34)22(33)17(13-32(21)31(20)12-16-6-5-9-36-16)24-29-28-19(37-24)10-14-7-8-15(26)11-18(14)27/h3,7-8,11,13,16,20,34H,1,4-6,9-10,12H2,2H3/t16-,20-/m0/s1. The van der Waals surface area contributed by atoms with E-state index >= 15 is 0 Å². The monoisotopic (exact) mass is 529 g/mol. The Balaban J connectivity index is 1.57. The minimum absolute atomic E-state index is 0.0440. The Morgan fingerprint density at radius 1 is 1.30 bits per heavy atom. The van der Waals surface area contributed by atoms with Crippen LogP contribution in [0.4, 0.5) is 8.78 Å². The summed E-state index contributed by atoms with van der Waals surface area (Å²) in [5.74, 6) is -2.58. The number of aromatic hydroxyl groups is 1. The molecule has 3 aromatic rings. The fraction of sp³-hybridized carbons (Fsp3) is 0.360. The first-order valence-corrected chi connectivity index (χ1v) is 12.7. The van der Waals surface area contributed by atoms with Crippen molar-refractivity contribution in [3.05, 3.63) is 75.2 Å². The van der Waals surface area contributed by atoms with E-state index in [4.69, 9.17) is 4.74 Å². The van der Waals surface area contributed by atoms with Gasteiger partial charge in [0, 0.05) is 31.8 Å². The number of carbonyl (C=O) groups excluding carboxylic acids is 1. The first kappa shape index (κ1) is 25.0. The van der Waals surface area contributed by atoms with E-state index in [-0.39, 0.29) is 34.4 Å². The number of carbonyl (C=O) groups is 1. The van der Waals surface area contributed by atoms with Crippen LogP contribution in [0.3, 0.4) is 0 Å². The van der Waals surface area contributed by atoms with Crippen LogP contribution in [0.25, 0.3) is 10.6 Å². The van der Waals surface area contributed by atoms with Gasteiger partial charge in [-0.05, 0) is 37.5 Å². The summed E-state index contributed by atoms with van der Waals surface area (Å²) in [6.07, 6.45) is 4.29. The third kappa shape index (κ3) is 4.51. The van der Waals surface area contributed by atoms with Crippen molar-refractivity contribution < 1.29 is 23.4 Å². The van der Waals surface area contributed by atoms with Crippen LogP contribution in [0, 0.1) is 11.6 Å². The third-order valence-corrected chi connectivity index (χ3v) is 7.51. The van der Waals surface area contributed by atoms with Crippen LogP contribution in [-0.2, 0) is 11.2 Å². The van der Waals surface area contributed by atoms with Crippen molar-refractivity contribution in [1.82, 2.24) is 19.8 Å². The van der Waals surface area contributed by atoms with Gasteiger partial charge in [0.25, 0.3) is 5.91 Å². The lowest BCUT2D eigenvalue weighted by Gasteiger charge is -2.45. The summed E-state index contributed by atoms with van der Waals surface area (Å²) >= 11 is 1.05. The van der Waals surface area contributed by atoms with Gasteiger partial charge in [0.1, 0.15) is 22.8 Å². The summed E-state index contributed by atoms with van der Waals surface area (Å²) in [6.45, 7) is 7.10. The van der Waals surface area contributed by atoms with Gasteiger partial charge in [-0.2, -0.15) is 0 Å². The van der Waals surface area contributed by atoms with Gasteiger partial charge < -0.3 is 14.7 Å². The molecule has 2 atom stereocenters. The molecule has 0 unspecified atom stereocenters. The molecule has 2 aromatic heterocycles. The van der Waals surface area contributed by atoms with Crippen LogP contribution in [0.15, 0.2) is 41.8 Å². The Bertz CT molecular complexity index is 1420. The number of benzene rings is 1. The molecule has 1 fully saturated rings. The van der Waals surface area contributed by atoms with Crippen molar-refractivity contribution in [2.24, 2.45) is 0 Å². The number of nitrogens with zero attached hydrogens (tertiary/aromatic N) is 5. The average molecular weight is 530 g/mol. The van der Waals surface area contributed by atoms with Crippen molar-refractivity contribution in [2.45, 2.75) is 38.5 Å². The fourth-order valence-corrected chi connectivity index (χ4v) is 5.59. The molecule has 12 heteroatoms. The summed E-state index contributed by atoms with van der Waals surface area (Å²) in [5, 5.41) is 21.5. The highest BCUT2D eigenvalue weighted by molar-refractivity contribution is 7.14. The Hall–Kier alpha value is -3.64. The van der Waals surface area contributed by atoms with Crippen LogP contribution >= 0.6 is 11.3 Å². The quantitative estimate of drug-likeness (QED) is 0.470. The maximum absolute atomic E-state index is 14.1. The molecule has 37 heavy (non-hydrogen) atoms. The lowest BCUT2D eigenvalue weighted by molar-refractivity contribution is 0.0579. The molecule has 0 aliphatic carbocycles. The number of aromatic nitrogens is 3. The van der Waals surface area contributed by atoms with Crippen LogP contribution in [0.1, 0.15) is 40.8 Å². The molecule has 5 rings (SSSR count). The Kier molecular flexibility index (Phi) is 6.78. The number of likely N-dealkylation sites (N-methyl/N-ethyl adjacent to an activating group) is 1. The van der Waals surface area contributed by atoms with Crippen LogP contribution in [0.5, 0.6) is 5.75 Å². The van der Waals surface area contributed by atoms with Crippen molar-refractivity contribution in [3.8, 4) is 16.3 Å². The van der Waals surface area contributed by atoms with Gasteiger partial charge in [0.2, 0.25) is 5.43 Å². The zero-order valence-electron chi connectivity index (χ0n) is 20.1. The highest BCUT2D eigenvalue weighted by atomic mass is 32.1. The van der Waals surface area contributed by atoms with Crippen LogP contribution in [0.2, 0.25) is 0 Å². The van der Waals surface area contributed by atoms with E-state index < -0.39 is 34.9 Å². The predicted octanol–water partition coefficient (Wildman–Crippen LogP) is 3.05. The molecule has 2 aliphatic heterocycles. The van der Waals surface area contributed by atoms with E-state index in [1.807, 2.05) is 11.9 Å². The molecular formula is C25H25F2N5O4S. The Labute approximate surface area is 215 Å². The lowest BCUT2D eigenvalue weighted by Crippen LogP contribution is -2.62. The molecule has 0 bridgehead atoms. The first-order valence-electron chi connectivity index (χ1n) is 11.9. The highest BCUT2D eigenvalue weighted by Crippen LogP contribution is 2.31. The number of rotatable bonds is 7. The van der Waals surface area contributed by atoms with Gasteiger partial charge in [-0.15, -0.1) is 10.2 Å². The summed E-state index contributed by atoms with van der Waals surface area (Å²) < 4.78 is 34.7. The average Bonchev–Trinajstić information content (AvgIpc) is 3.56. The van der Waals surface area contributed by atoms with E-state index in [2.05, 4.69) is 16.8 Å². The maximum Gasteiger partial charge on any atom is 0.278 e. The normalized spacial score (nSPS) is 19.4. The number of amides is 1. The van der Waals surface area contributed by atoms with Gasteiger partial charge >= 0.3 is 0 Å². The molecule has 0 spiro atoms. The molecule has 4 heterocycles. The van der Waals surface area contributed by atoms with Gasteiger partial charge in [-0.25, -0.2) is 8.78 Å². The zero-order chi connectivity index (χ0) is 26.3. The maximum atomic E-state index is 14.1. The minimum atomic E-state index is -0.763. The van der Waals surface area contributed by atoms with Crippen LogP contribution < -0.4 is 10.4 Å². The second-order valence-electron chi connectivity index (χ2n) is 8.82. The van der Waals surface area contributed by atoms with Crippen molar-refractivity contribution in [2.75, 3.05) is 24.7 Å². The molecule has 0 saturated carbocycles. The fourth-order valence-electron chi connectivity index (χ4n) is 4.72. The number of ether oxygens (including phenoxy) is 1. The molecule has 194 valence electrons. The molecule has 1 N–H and O–H groups in total. The smallest absolute Gasteiger partial charge is 0.278 e. The van der Waals surface area contributed by atoms with Gasteiger partial charge in [0.05, 0.1) is 18.2 Å². The Morgan fingerprint density at radius 3 is 2.78 bits per heavy atom. The lowest BCUT2D eigenvalue weighted by atomic mass is 10.1. The molecular weight excluding hydrogens is 504 g/mol. The number of hydrogen-bond donors (Lipinski definition) is 1. The summed E-state index contributed by atoms with van der Waals surface area (Å²) in [4.78, 5) is 28.0. The molecule has 1 amide bonds. The van der Waals surface area contributed by atoms with Crippen molar-refractivity contribution >= 4 is 17.2 Å². The number of hydrogen-bond acceptors (Lipinski definition) is 8. The first-order chi connectivity index (χ1) is 17.8. The molecule has 1 saturated heterocycles. The second kappa shape index (κ2) is 10.0. The largest absolute Gasteiger partial charge is 0.502 e. The van der Waals surface area contributed by atoms with Gasteiger partial charge in [-0.1, -0.05) is 24.0 Å². The van der Waals surface area contributed by atoms with Gasteiger partial charge in [0.15, 0.2) is 16.5 Å². The topological polar surface area (TPSA) is 101 Å². The zero-order valence-corrected chi connectivity index (χ0v) is 20.9. The molecule has 0 radical (unpaired) electrons. The minimum Gasteiger partial charge on any atom is -0.502 e.